The summed E-state index contributed by atoms with van der Waals surface area (Å²) in [4.78, 5) is 0. The third-order valence-electron chi connectivity index (χ3n) is 2.50. The molecule has 0 aromatic carbocycles. The third kappa shape index (κ3) is 2.83. The van der Waals surface area contributed by atoms with E-state index in [9.17, 15) is 0 Å². The summed E-state index contributed by atoms with van der Waals surface area (Å²) >= 11 is 12.1. The first-order valence-electron chi connectivity index (χ1n) is 4.52. The van der Waals surface area contributed by atoms with Gasteiger partial charge in [-0.1, -0.05) is 19.8 Å². The summed E-state index contributed by atoms with van der Waals surface area (Å²) in [5, 5.41) is 0.451. The lowest BCUT2D eigenvalue weighted by atomic mass is 9.86. The third-order valence-corrected chi connectivity index (χ3v) is 3.63. The monoisotopic (exact) mass is 194 g/mol. The van der Waals surface area contributed by atoms with Crippen molar-refractivity contribution in [2.24, 2.45) is 5.92 Å². The van der Waals surface area contributed by atoms with Crippen LogP contribution in [0.2, 0.25) is 0 Å². The van der Waals surface area contributed by atoms with Gasteiger partial charge < -0.3 is 0 Å². The van der Waals surface area contributed by atoms with Gasteiger partial charge in [-0.2, -0.15) is 0 Å². The van der Waals surface area contributed by atoms with E-state index in [4.69, 9.17) is 23.2 Å². The van der Waals surface area contributed by atoms with Crippen LogP contribution in [0.25, 0.3) is 0 Å². The van der Waals surface area contributed by atoms with Crippen LogP contribution in [0.4, 0.5) is 0 Å². The Morgan fingerprint density at radius 2 is 1.91 bits per heavy atom. The van der Waals surface area contributed by atoms with Gasteiger partial charge in [0, 0.05) is 5.38 Å². The molecule has 0 heterocycles. The Hall–Kier alpha value is 0.580. The van der Waals surface area contributed by atoms with Gasteiger partial charge >= 0.3 is 0 Å². The molecule has 0 aromatic heterocycles. The summed E-state index contributed by atoms with van der Waals surface area (Å²) in [5.41, 5.74) is 0. The number of halogens is 2. The first-order chi connectivity index (χ1) is 5.24. The number of alkyl halides is 2. The van der Waals surface area contributed by atoms with E-state index >= 15 is 0 Å². The van der Waals surface area contributed by atoms with Crippen LogP contribution in [0, 0.1) is 5.92 Å². The van der Waals surface area contributed by atoms with Gasteiger partial charge in [0.2, 0.25) is 0 Å². The lowest BCUT2D eigenvalue weighted by Gasteiger charge is -2.28. The first kappa shape index (κ1) is 9.67. The zero-order chi connectivity index (χ0) is 8.27. The Balaban J connectivity index is 2.28. The molecule has 0 bridgehead atoms. The van der Waals surface area contributed by atoms with Gasteiger partial charge in [-0.05, 0) is 25.2 Å². The lowest BCUT2D eigenvalue weighted by Crippen LogP contribution is -2.25. The van der Waals surface area contributed by atoms with Crippen molar-refractivity contribution in [3.05, 3.63) is 0 Å². The second-order valence-corrected chi connectivity index (χ2v) is 4.62. The van der Waals surface area contributed by atoms with Crippen LogP contribution in [-0.2, 0) is 0 Å². The molecule has 1 aliphatic rings. The van der Waals surface area contributed by atoms with Gasteiger partial charge in [-0.3, -0.25) is 0 Å². The van der Waals surface area contributed by atoms with E-state index in [-0.39, 0.29) is 10.8 Å². The van der Waals surface area contributed by atoms with E-state index in [1.807, 2.05) is 0 Å². The van der Waals surface area contributed by atoms with Gasteiger partial charge in [-0.15, -0.1) is 23.2 Å². The molecule has 3 unspecified atom stereocenters. The van der Waals surface area contributed by atoms with Crippen molar-refractivity contribution >= 4 is 23.2 Å². The van der Waals surface area contributed by atoms with Crippen LogP contribution in [0.15, 0.2) is 0 Å². The molecule has 0 aliphatic heterocycles. The minimum Gasteiger partial charge on any atom is -0.121 e. The molecular formula is C9H16Cl2. The van der Waals surface area contributed by atoms with Crippen LogP contribution in [-0.4, -0.2) is 10.8 Å². The van der Waals surface area contributed by atoms with Crippen LogP contribution in [0.3, 0.4) is 0 Å². The molecule has 2 heteroatoms. The van der Waals surface area contributed by atoms with Crippen LogP contribution >= 0.6 is 23.2 Å². The second-order valence-electron chi connectivity index (χ2n) is 3.50. The number of hydrogen-bond acceptors (Lipinski definition) is 0. The van der Waals surface area contributed by atoms with E-state index in [2.05, 4.69) is 6.92 Å². The minimum atomic E-state index is 0.224. The SMILES string of the molecule is CCCC1CCC(Cl)C(Cl)C1. The molecule has 0 amide bonds. The minimum absolute atomic E-state index is 0.224. The van der Waals surface area contributed by atoms with E-state index < -0.39 is 0 Å². The molecule has 66 valence electrons. The Morgan fingerprint density at radius 1 is 1.18 bits per heavy atom. The zero-order valence-electron chi connectivity index (χ0n) is 7.02. The Bertz CT molecular complexity index is 114. The Kier molecular flexibility index (Phi) is 4.01. The average Bonchev–Trinajstić information content (AvgIpc) is 1.98. The van der Waals surface area contributed by atoms with Crippen LogP contribution < -0.4 is 0 Å². The second kappa shape index (κ2) is 4.57. The molecule has 1 saturated carbocycles. The van der Waals surface area contributed by atoms with E-state index in [1.54, 1.807) is 0 Å². The summed E-state index contributed by atoms with van der Waals surface area (Å²) in [5.74, 6) is 0.845. The topological polar surface area (TPSA) is 0 Å². The summed E-state index contributed by atoms with van der Waals surface area (Å²) in [7, 11) is 0. The normalized spacial score (nSPS) is 39.0. The molecule has 11 heavy (non-hydrogen) atoms. The highest BCUT2D eigenvalue weighted by molar-refractivity contribution is 6.30. The molecule has 0 radical (unpaired) electrons. The summed E-state index contributed by atoms with van der Waals surface area (Å²) < 4.78 is 0. The van der Waals surface area contributed by atoms with Crippen molar-refractivity contribution in [1.82, 2.24) is 0 Å². The number of rotatable bonds is 2. The fourth-order valence-corrected chi connectivity index (χ4v) is 2.44. The fraction of sp³-hybridized carbons (Fsp3) is 1.00. The highest BCUT2D eigenvalue weighted by atomic mass is 35.5. The van der Waals surface area contributed by atoms with Crippen LogP contribution in [0.1, 0.15) is 39.0 Å². The highest BCUT2D eigenvalue weighted by Gasteiger charge is 2.26. The predicted molar refractivity (Wildman–Crippen MR) is 51.5 cm³/mol. The molecule has 1 fully saturated rings. The maximum absolute atomic E-state index is 6.07. The smallest absolute Gasteiger partial charge is 0.0502 e. The summed E-state index contributed by atoms with van der Waals surface area (Å²) in [6, 6.07) is 0. The van der Waals surface area contributed by atoms with Crippen molar-refractivity contribution < 1.29 is 0 Å². The lowest BCUT2D eigenvalue weighted by molar-refractivity contribution is 0.344. The van der Waals surface area contributed by atoms with Crippen molar-refractivity contribution in [3.8, 4) is 0 Å². The quantitative estimate of drug-likeness (QED) is 0.588. The summed E-state index contributed by atoms with van der Waals surface area (Å²) in [6.45, 7) is 2.23. The summed E-state index contributed by atoms with van der Waals surface area (Å²) in [6.07, 6.45) is 6.13. The van der Waals surface area contributed by atoms with Crippen molar-refractivity contribution in [3.63, 3.8) is 0 Å². The molecule has 3 atom stereocenters. The standard InChI is InChI=1S/C9H16Cl2/c1-2-3-7-4-5-8(10)9(11)6-7/h7-9H,2-6H2,1H3. The van der Waals surface area contributed by atoms with Crippen molar-refractivity contribution in [2.75, 3.05) is 0 Å². The number of hydrogen-bond donors (Lipinski definition) is 0. The predicted octanol–water partition coefficient (Wildman–Crippen LogP) is 3.80. The molecule has 0 saturated heterocycles. The highest BCUT2D eigenvalue weighted by Crippen LogP contribution is 2.33. The average molecular weight is 195 g/mol. The van der Waals surface area contributed by atoms with Crippen molar-refractivity contribution in [2.45, 2.75) is 49.8 Å². The van der Waals surface area contributed by atoms with Gasteiger partial charge in [-0.25, -0.2) is 0 Å². The molecule has 0 spiro atoms. The van der Waals surface area contributed by atoms with Crippen molar-refractivity contribution in [1.29, 1.82) is 0 Å². The molecule has 0 aromatic rings. The van der Waals surface area contributed by atoms with E-state index in [1.165, 1.54) is 19.3 Å². The maximum Gasteiger partial charge on any atom is 0.0502 e. The molecular weight excluding hydrogens is 179 g/mol. The van der Waals surface area contributed by atoms with Gasteiger partial charge in [0.05, 0.1) is 5.38 Å². The Labute approximate surface area is 79.3 Å². The molecule has 1 rings (SSSR count). The maximum atomic E-state index is 6.07. The zero-order valence-corrected chi connectivity index (χ0v) is 8.54. The van der Waals surface area contributed by atoms with E-state index in [0.717, 1.165) is 18.8 Å². The van der Waals surface area contributed by atoms with Gasteiger partial charge in [0.1, 0.15) is 0 Å². The first-order valence-corrected chi connectivity index (χ1v) is 5.39. The Morgan fingerprint density at radius 3 is 2.45 bits per heavy atom. The molecule has 0 nitrogen and oxygen atoms in total. The van der Waals surface area contributed by atoms with Gasteiger partial charge in [0.25, 0.3) is 0 Å². The van der Waals surface area contributed by atoms with E-state index in [0.29, 0.717) is 0 Å². The van der Waals surface area contributed by atoms with Gasteiger partial charge in [0.15, 0.2) is 0 Å². The fourth-order valence-electron chi connectivity index (χ4n) is 1.83. The van der Waals surface area contributed by atoms with Crippen LogP contribution in [0.5, 0.6) is 0 Å². The largest absolute Gasteiger partial charge is 0.121 e. The molecule has 0 N–H and O–H groups in total. The molecule has 1 aliphatic carbocycles.